The van der Waals surface area contributed by atoms with Crippen molar-refractivity contribution in [2.45, 2.75) is 13.0 Å². The number of carbonyl (C=O) groups is 1. The summed E-state index contributed by atoms with van der Waals surface area (Å²) in [6.07, 6.45) is 0. The molecule has 0 aliphatic carbocycles. The van der Waals surface area contributed by atoms with Gasteiger partial charge in [-0.2, -0.15) is 0 Å². The summed E-state index contributed by atoms with van der Waals surface area (Å²) in [6.45, 7) is 3.97. The van der Waals surface area contributed by atoms with Gasteiger partial charge >= 0.3 is 0 Å². The molecule has 0 bridgehead atoms. The van der Waals surface area contributed by atoms with Gasteiger partial charge in [-0.1, -0.05) is 0 Å². The van der Waals surface area contributed by atoms with E-state index in [1.54, 1.807) is 0 Å². The van der Waals surface area contributed by atoms with Gasteiger partial charge in [0.05, 0.1) is 19.3 Å². The second-order valence-corrected chi connectivity index (χ2v) is 5.29. The average Bonchev–Trinajstić information content (AvgIpc) is 2.64. The summed E-state index contributed by atoms with van der Waals surface area (Å²) in [4.78, 5) is 14.8. The van der Waals surface area contributed by atoms with Gasteiger partial charge in [-0.15, -0.1) is 11.3 Å². The lowest BCUT2D eigenvalue weighted by molar-refractivity contribution is 0.00382. The molecule has 15 heavy (non-hydrogen) atoms. The van der Waals surface area contributed by atoms with Gasteiger partial charge < -0.3 is 9.64 Å². The van der Waals surface area contributed by atoms with E-state index in [-0.39, 0.29) is 11.9 Å². The molecule has 5 heteroatoms. The van der Waals surface area contributed by atoms with E-state index in [2.05, 4.69) is 15.9 Å². The van der Waals surface area contributed by atoms with E-state index in [0.29, 0.717) is 19.8 Å². The van der Waals surface area contributed by atoms with Crippen molar-refractivity contribution in [2.75, 3.05) is 19.8 Å². The van der Waals surface area contributed by atoms with Crippen LogP contribution < -0.4 is 0 Å². The molecular formula is C10H12BrNO2S. The first kappa shape index (κ1) is 11.1. The highest BCUT2D eigenvalue weighted by Gasteiger charge is 2.26. The molecule has 2 heterocycles. The first-order valence-electron chi connectivity index (χ1n) is 4.82. The fourth-order valence-electron chi connectivity index (χ4n) is 1.61. The summed E-state index contributed by atoms with van der Waals surface area (Å²) >= 11 is 4.86. The Labute approximate surface area is 101 Å². The molecule has 1 amide bonds. The Morgan fingerprint density at radius 1 is 1.73 bits per heavy atom. The highest BCUT2D eigenvalue weighted by atomic mass is 79.9. The van der Waals surface area contributed by atoms with Crippen molar-refractivity contribution in [1.29, 1.82) is 0 Å². The van der Waals surface area contributed by atoms with Gasteiger partial charge in [-0.05, 0) is 34.3 Å². The van der Waals surface area contributed by atoms with Crippen molar-refractivity contribution in [3.05, 3.63) is 20.8 Å². The lowest BCUT2D eigenvalue weighted by Crippen LogP contribution is -2.46. The molecule has 1 fully saturated rings. The second-order valence-electron chi connectivity index (χ2n) is 3.52. The number of hydrogen-bond donors (Lipinski definition) is 0. The van der Waals surface area contributed by atoms with E-state index in [9.17, 15) is 4.79 Å². The first-order valence-corrected chi connectivity index (χ1v) is 6.49. The molecule has 0 saturated carbocycles. The first-order chi connectivity index (χ1) is 7.20. The number of ether oxygens (including phenoxy) is 1. The van der Waals surface area contributed by atoms with Crippen molar-refractivity contribution in [2.24, 2.45) is 0 Å². The molecule has 0 N–H and O–H groups in total. The standard InChI is InChI=1S/C10H12BrNO2S/c1-7-6-14-4-3-12(7)10(13)9-8(11)2-5-15-9/h2,5,7H,3-4,6H2,1H3/t7-/m1/s1. The lowest BCUT2D eigenvalue weighted by Gasteiger charge is -2.33. The van der Waals surface area contributed by atoms with E-state index in [1.807, 2.05) is 23.3 Å². The molecule has 0 radical (unpaired) electrons. The summed E-state index contributed by atoms with van der Waals surface area (Å²) < 4.78 is 6.19. The minimum absolute atomic E-state index is 0.104. The Hall–Kier alpha value is -0.390. The van der Waals surface area contributed by atoms with Crippen molar-refractivity contribution >= 4 is 33.2 Å². The lowest BCUT2D eigenvalue weighted by atomic mass is 10.2. The van der Waals surface area contributed by atoms with Gasteiger partial charge in [0, 0.05) is 11.0 Å². The molecule has 82 valence electrons. The van der Waals surface area contributed by atoms with Crippen LogP contribution in [0.4, 0.5) is 0 Å². The quantitative estimate of drug-likeness (QED) is 0.794. The van der Waals surface area contributed by atoms with Gasteiger partial charge in [-0.25, -0.2) is 0 Å². The Morgan fingerprint density at radius 3 is 3.13 bits per heavy atom. The highest BCUT2D eigenvalue weighted by molar-refractivity contribution is 9.10. The Morgan fingerprint density at radius 2 is 2.53 bits per heavy atom. The third kappa shape index (κ3) is 2.24. The van der Waals surface area contributed by atoms with Crippen LogP contribution in [0.3, 0.4) is 0 Å². The maximum absolute atomic E-state index is 12.1. The number of nitrogens with zero attached hydrogens (tertiary/aromatic N) is 1. The van der Waals surface area contributed by atoms with Crippen molar-refractivity contribution in [1.82, 2.24) is 4.90 Å². The number of rotatable bonds is 1. The van der Waals surface area contributed by atoms with Crippen LogP contribution >= 0.6 is 27.3 Å². The Kier molecular flexibility index (Phi) is 3.43. The van der Waals surface area contributed by atoms with Crippen molar-refractivity contribution in [3.8, 4) is 0 Å². The van der Waals surface area contributed by atoms with E-state index >= 15 is 0 Å². The van der Waals surface area contributed by atoms with Crippen molar-refractivity contribution < 1.29 is 9.53 Å². The maximum Gasteiger partial charge on any atom is 0.265 e. The largest absolute Gasteiger partial charge is 0.377 e. The zero-order valence-corrected chi connectivity index (χ0v) is 10.8. The summed E-state index contributed by atoms with van der Waals surface area (Å²) in [7, 11) is 0. The van der Waals surface area contributed by atoms with E-state index in [4.69, 9.17) is 4.74 Å². The van der Waals surface area contributed by atoms with Gasteiger partial charge in [0.1, 0.15) is 4.88 Å². The number of amides is 1. The molecule has 1 atom stereocenters. The third-order valence-corrected chi connectivity index (χ3v) is 4.27. The third-order valence-electron chi connectivity index (χ3n) is 2.44. The molecule has 0 unspecified atom stereocenters. The van der Waals surface area contributed by atoms with Crippen LogP contribution in [0.25, 0.3) is 0 Å². The molecule has 0 aromatic carbocycles. The van der Waals surface area contributed by atoms with Crippen molar-refractivity contribution in [3.63, 3.8) is 0 Å². The van der Waals surface area contributed by atoms with Crippen LogP contribution in [0.15, 0.2) is 15.9 Å². The average molecular weight is 290 g/mol. The van der Waals surface area contributed by atoms with Crippen LogP contribution in [0, 0.1) is 0 Å². The van der Waals surface area contributed by atoms with E-state index < -0.39 is 0 Å². The predicted molar refractivity (Wildman–Crippen MR) is 63.3 cm³/mol. The SMILES string of the molecule is C[C@@H]1COCCN1C(=O)c1sccc1Br. The molecule has 1 aromatic heterocycles. The molecule has 2 rings (SSSR count). The molecular weight excluding hydrogens is 278 g/mol. The Bertz CT molecular complexity index is 366. The normalized spacial score (nSPS) is 21.7. The topological polar surface area (TPSA) is 29.5 Å². The van der Waals surface area contributed by atoms with Crippen LogP contribution in [0.2, 0.25) is 0 Å². The van der Waals surface area contributed by atoms with Gasteiger partial charge in [0.15, 0.2) is 0 Å². The number of carbonyl (C=O) groups excluding carboxylic acids is 1. The monoisotopic (exact) mass is 289 g/mol. The number of morpholine rings is 1. The van der Waals surface area contributed by atoms with Gasteiger partial charge in [0.25, 0.3) is 5.91 Å². The number of hydrogen-bond acceptors (Lipinski definition) is 3. The number of thiophene rings is 1. The minimum atomic E-state index is 0.104. The van der Waals surface area contributed by atoms with Gasteiger partial charge in [-0.3, -0.25) is 4.79 Å². The molecule has 1 aliphatic heterocycles. The highest BCUT2D eigenvalue weighted by Crippen LogP contribution is 2.25. The predicted octanol–water partition coefficient (Wildman–Crippen LogP) is 2.37. The van der Waals surface area contributed by atoms with E-state index in [1.165, 1.54) is 11.3 Å². The second kappa shape index (κ2) is 4.63. The molecule has 1 saturated heterocycles. The minimum Gasteiger partial charge on any atom is -0.377 e. The molecule has 1 aliphatic rings. The maximum atomic E-state index is 12.1. The van der Waals surface area contributed by atoms with Crippen LogP contribution in [-0.2, 0) is 4.74 Å². The van der Waals surface area contributed by atoms with Gasteiger partial charge in [0.2, 0.25) is 0 Å². The zero-order valence-electron chi connectivity index (χ0n) is 8.40. The Balaban J connectivity index is 2.17. The molecule has 0 spiro atoms. The van der Waals surface area contributed by atoms with Crippen LogP contribution in [0.5, 0.6) is 0 Å². The summed E-state index contributed by atoms with van der Waals surface area (Å²) in [5.41, 5.74) is 0. The zero-order chi connectivity index (χ0) is 10.8. The van der Waals surface area contributed by atoms with E-state index in [0.717, 1.165) is 9.35 Å². The summed E-state index contributed by atoms with van der Waals surface area (Å²) in [5.74, 6) is 0.104. The molecule has 1 aromatic rings. The summed E-state index contributed by atoms with van der Waals surface area (Å²) in [6, 6.07) is 2.07. The fraction of sp³-hybridized carbons (Fsp3) is 0.500. The van der Waals surface area contributed by atoms with Crippen LogP contribution in [-0.4, -0.2) is 36.6 Å². The smallest absolute Gasteiger partial charge is 0.265 e. The van der Waals surface area contributed by atoms with Crippen LogP contribution in [0.1, 0.15) is 16.6 Å². The fourth-order valence-corrected chi connectivity index (χ4v) is 3.10. The summed E-state index contributed by atoms with van der Waals surface area (Å²) in [5, 5.41) is 1.92. The number of halogens is 1. The molecule has 3 nitrogen and oxygen atoms in total.